The molecule has 0 nitrogen and oxygen atoms in total. The van der Waals surface area contributed by atoms with E-state index in [0.717, 1.165) is 0 Å². The summed E-state index contributed by atoms with van der Waals surface area (Å²) in [4.78, 5) is 0. The van der Waals surface area contributed by atoms with Crippen molar-refractivity contribution in [1.82, 2.24) is 0 Å². The third-order valence-electron chi connectivity index (χ3n) is 2.45. The second-order valence-electron chi connectivity index (χ2n) is 4.62. The molecular weight excluding hydrogens is 316 g/mol. The standard InChI is InChI=1S/C6H18SSi3Te/c1-8(2)7-9(3,4)11-10(8,5)6/h1-6H3. The van der Waals surface area contributed by atoms with Gasteiger partial charge in [0.2, 0.25) is 0 Å². The van der Waals surface area contributed by atoms with Gasteiger partial charge in [-0.15, -0.1) is 0 Å². The van der Waals surface area contributed by atoms with E-state index in [-0.39, 0.29) is 0 Å². The zero-order chi connectivity index (χ0) is 8.91. The SMILES string of the molecule is C[Si]1(C)S[Si](C)(C)[Si](C)(C)[Te]1. The van der Waals surface area contributed by atoms with Crippen LogP contribution in [0, 0.1) is 0 Å². The molecule has 0 aliphatic carbocycles. The maximum absolute atomic E-state index is 2.68. The molecular formula is C6H18SSi3Te. The molecule has 5 heteroatoms. The van der Waals surface area contributed by atoms with E-state index >= 15 is 0 Å². The summed E-state index contributed by atoms with van der Waals surface area (Å²) in [6.45, 7) is 15.1. The molecule has 66 valence electrons. The first-order valence-corrected chi connectivity index (χ1v) is 23.1. The molecule has 1 heterocycles. The third-order valence-corrected chi connectivity index (χ3v) is 98.5. The van der Waals surface area contributed by atoms with E-state index in [1.54, 1.807) is 0 Å². The zero-order valence-electron chi connectivity index (χ0n) is 8.32. The van der Waals surface area contributed by atoms with Gasteiger partial charge in [-0.3, -0.25) is 0 Å². The van der Waals surface area contributed by atoms with Gasteiger partial charge in [-0.2, -0.15) is 0 Å². The van der Waals surface area contributed by atoms with Gasteiger partial charge < -0.3 is 0 Å². The fourth-order valence-corrected chi connectivity index (χ4v) is 176. The van der Waals surface area contributed by atoms with Crippen LogP contribution in [-0.2, 0) is 0 Å². The van der Waals surface area contributed by atoms with Crippen LogP contribution in [0.3, 0.4) is 0 Å². The first kappa shape index (κ1) is 10.9. The Morgan fingerprint density at radius 3 is 1.45 bits per heavy atom. The Balaban J connectivity index is 2.89. The Hall–Kier alpha value is 1.79. The van der Waals surface area contributed by atoms with Gasteiger partial charge in [0.15, 0.2) is 0 Å². The van der Waals surface area contributed by atoms with E-state index in [9.17, 15) is 0 Å². The summed E-state index contributed by atoms with van der Waals surface area (Å²) in [7, 11) is 2.53. The van der Waals surface area contributed by atoms with Crippen LogP contribution in [0.1, 0.15) is 0 Å². The van der Waals surface area contributed by atoms with Crippen molar-refractivity contribution in [3.63, 3.8) is 0 Å². The Labute approximate surface area is 85.3 Å². The Bertz CT molecular complexity index is 161. The fraction of sp³-hybridized carbons (Fsp3) is 1.00. The van der Waals surface area contributed by atoms with Crippen LogP contribution in [0.2, 0.25) is 39.3 Å². The summed E-state index contributed by atoms with van der Waals surface area (Å²) in [6.07, 6.45) is 0. The Morgan fingerprint density at radius 2 is 1.36 bits per heavy atom. The van der Waals surface area contributed by atoms with Gasteiger partial charge in [-0.25, -0.2) is 0 Å². The van der Waals surface area contributed by atoms with Gasteiger partial charge in [0.05, 0.1) is 0 Å². The quantitative estimate of drug-likeness (QED) is 0.614. The van der Waals surface area contributed by atoms with Crippen molar-refractivity contribution in [2.45, 2.75) is 39.3 Å². The third kappa shape index (κ3) is 2.18. The Kier molecular flexibility index (Phi) is 2.86. The first-order valence-electron chi connectivity index (χ1n) is 4.07. The summed E-state index contributed by atoms with van der Waals surface area (Å²) >= 11 is 0.479. The topological polar surface area (TPSA) is 0 Å². The molecule has 1 fully saturated rings. The van der Waals surface area contributed by atoms with Crippen molar-refractivity contribution in [3.05, 3.63) is 0 Å². The molecule has 1 rings (SSSR count). The first-order chi connectivity index (χ1) is 4.66. The average molecular weight is 334 g/mol. The van der Waals surface area contributed by atoms with Gasteiger partial charge in [-0.05, 0) is 0 Å². The molecule has 0 saturated carbocycles. The van der Waals surface area contributed by atoms with Crippen LogP contribution in [0.25, 0.3) is 0 Å². The molecule has 0 aromatic carbocycles. The molecule has 1 saturated heterocycles. The van der Waals surface area contributed by atoms with Gasteiger partial charge >= 0.3 is 85.9 Å². The molecule has 0 bridgehead atoms. The van der Waals surface area contributed by atoms with E-state index in [1.807, 2.05) is 0 Å². The van der Waals surface area contributed by atoms with Gasteiger partial charge in [0.1, 0.15) is 0 Å². The number of rotatable bonds is 0. The monoisotopic (exact) mass is 336 g/mol. The molecule has 0 unspecified atom stereocenters. The number of hydrogen-bond donors (Lipinski definition) is 0. The van der Waals surface area contributed by atoms with Crippen LogP contribution in [0.5, 0.6) is 0 Å². The average Bonchev–Trinajstić information content (AvgIpc) is 1.66. The minimum atomic E-state index is -0.728. The second-order valence-corrected chi connectivity index (χ2v) is 60.1. The molecule has 0 amide bonds. The van der Waals surface area contributed by atoms with Gasteiger partial charge in [-0.1, -0.05) is 0 Å². The van der Waals surface area contributed by atoms with E-state index in [1.165, 1.54) is 0 Å². The maximum atomic E-state index is 2.68. The van der Waals surface area contributed by atoms with Crippen molar-refractivity contribution in [2.75, 3.05) is 0 Å². The molecule has 1 aliphatic rings. The molecule has 0 radical (unpaired) electrons. The summed E-state index contributed by atoms with van der Waals surface area (Å²) < 4.78 is -0.641. The summed E-state index contributed by atoms with van der Waals surface area (Å²) in [5, 5.41) is -0.610. The molecule has 0 atom stereocenters. The molecule has 0 spiro atoms. The van der Waals surface area contributed by atoms with Crippen LogP contribution in [0.4, 0.5) is 0 Å². The molecule has 1 aliphatic heterocycles. The summed E-state index contributed by atoms with van der Waals surface area (Å²) in [5.41, 5.74) is 0. The van der Waals surface area contributed by atoms with Crippen molar-refractivity contribution in [1.29, 1.82) is 0 Å². The van der Waals surface area contributed by atoms with Crippen LogP contribution in [-0.4, -0.2) is 36.0 Å². The van der Waals surface area contributed by atoms with Crippen molar-refractivity contribution < 1.29 is 0 Å². The summed E-state index contributed by atoms with van der Waals surface area (Å²) in [6, 6.07) is 0. The predicted molar refractivity (Wildman–Crippen MR) is 65.8 cm³/mol. The molecule has 0 aromatic rings. The fourth-order valence-electron chi connectivity index (χ4n) is 1.50. The molecule has 11 heavy (non-hydrogen) atoms. The normalized spacial score (nSPS) is 32.2. The minimum absolute atomic E-state index is 0.479. The second kappa shape index (κ2) is 2.89. The van der Waals surface area contributed by atoms with E-state index in [4.69, 9.17) is 0 Å². The zero-order valence-corrected chi connectivity index (χ0v) is 14.5. The van der Waals surface area contributed by atoms with Crippen molar-refractivity contribution in [2.24, 2.45) is 0 Å². The van der Waals surface area contributed by atoms with E-state index < -0.39 is 16.7 Å². The summed E-state index contributed by atoms with van der Waals surface area (Å²) in [5.74, 6) is 0. The van der Waals surface area contributed by atoms with Crippen molar-refractivity contribution >= 4 is 46.7 Å². The molecule has 0 aromatic heterocycles. The predicted octanol–water partition coefficient (Wildman–Crippen LogP) is 2.63. The van der Waals surface area contributed by atoms with Crippen LogP contribution >= 0.6 is 10.7 Å². The number of hydrogen-bond acceptors (Lipinski definition) is 1. The van der Waals surface area contributed by atoms with Crippen LogP contribution < -0.4 is 0 Å². The van der Waals surface area contributed by atoms with Gasteiger partial charge in [0, 0.05) is 0 Å². The molecule has 0 N–H and O–H groups in total. The van der Waals surface area contributed by atoms with Crippen molar-refractivity contribution in [3.8, 4) is 0 Å². The van der Waals surface area contributed by atoms with E-state index in [2.05, 4.69) is 49.9 Å². The van der Waals surface area contributed by atoms with Crippen LogP contribution in [0.15, 0.2) is 0 Å². The van der Waals surface area contributed by atoms with Gasteiger partial charge in [0.25, 0.3) is 0 Å². The Morgan fingerprint density at radius 1 is 0.909 bits per heavy atom. The van der Waals surface area contributed by atoms with E-state index in [0.29, 0.717) is 19.3 Å².